The van der Waals surface area contributed by atoms with Crippen molar-refractivity contribution in [3.63, 3.8) is 0 Å². The van der Waals surface area contributed by atoms with E-state index in [-0.39, 0.29) is 11.2 Å². The van der Waals surface area contributed by atoms with E-state index in [0.717, 1.165) is 5.56 Å². The molecule has 0 aliphatic carbocycles. The zero-order chi connectivity index (χ0) is 15.5. The smallest absolute Gasteiger partial charge is 0.312 e. The molecule has 0 unspecified atom stereocenters. The molecule has 0 radical (unpaired) electrons. The minimum atomic E-state index is -1.21. The molecule has 1 aromatic rings. The van der Waals surface area contributed by atoms with Crippen molar-refractivity contribution in [1.82, 2.24) is 0 Å². The van der Waals surface area contributed by atoms with Crippen LogP contribution in [-0.2, 0) is 15.0 Å². The first-order chi connectivity index (χ1) is 9.11. The van der Waals surface area contributed by atoms with Gasteiger partial charge < -0.3 is 10.4 Å². The van der Waals surface area contributed by atoms with E-state index in [9.17, 15) is 14.4 Å². The molecule has 5 nitrogen and oxygen atoms in total. The van der Waals surface area contributed by atoms with Crippen LogP contribution in [0.15, 0.2) is 18.2 Å². The van der Waals surface area contributed by atoms with Gasteiger partial charge in [-0.2, -0.15) is 0 Å². The zero-order valence-electron chi connectivity index (χ0n) is 12.1. The Morgan fingerprint density at radius 1 is 1.20 bits per heavy atom. The van der Waals surface area contributed by atoms with E-state index >= 15 is 0 Å². The van der Waals surface area contributed by atoms with E-state index in [4.69, 9.17) is 5.11 Å². The maximum atomic E-state index is 11.6. The van der Waals surface area contributed by atoms with Gasteiger partial charge in [0.1, 0.15) is 6.42 Å². The molecular weight excluding hydrogens is 258 g/mol. The van der Waals surface area contributed by atoms with Gasteiger partial charge in [-0.3, -0.25) is 14.4 Å². The van der Waals surface area contributed by atoms with Crippen LogP contribution in [-0.4, -0.2) is 22.8 Å². The molecule has 0 heterocycles. The molecule has 1 aromatic carbocycles. The summed E-state index contributed by atoms with van der Waals surface area (Å²) in [4.78, 5) is 33.6. The lowest BCUT2D eigenvalue weighted by atomic mass is 9.86. The number of Topliss-reactive ketones (excluding diaryl/α,β-unsaturated/α-hetero) is 1. The van der Waals surface area contributed by atoms with Crippen molar-refractivity contribution in [3.8, 4) is 0 Å². The second kappa shape index (κ2) is 5.86. The van der Waals surface area contributed by atoms with Crippen molar-refractivity contribution in [2.24, 2.45) is 0 Å². The van der Waals surface area contributed by atoms with Crippen LogP contribution in [0.4, 0.5) is 5.69 Å². The predicted molar refractivity (Wildman–Crippen MR) is 76.0 cm³/mol. The van der Waals surface area contributed by atoms with Crippen molar-refractivity contribution >= 4 is 23.3 Å². The fraction of sp³-hybridized carbons (Fsp3) is 0.400. The normalized spacial score (nSPS) is 11.0. The van der Waals surface area contributed by atoms with E-state index in [1.807, 2.05) is 26.8 Å². The first kappa shape index (κ1) is 15.9. The lowest BCUT2D eigenvalue weighted by Crippen LogP contribution is -2.19. The fourth-order valence-corrected chi connectivity index (χ4v) is 1.75. The number of carbonyl (C=O) groups is 3. The van der Waals surface area contributed by atoms with E-state index in [0.29, 0.717) is 11.3 Å². The third-order valence-electron chi connectivity index (χ3n) is 2.85. The summed E-state index contributed by atoms with van der Waals surface area (Å²) >= 11 is 0. The first-order valence-electron chi connectivity index (χ1n) is 6.28. The summed E-state index contributed by atoms with van der Waals surface area (Å²) < 4.78 is 0. The maximum absolute atomic E-state index is 11.6. The Morgan fingerprint density at radius 3 is 2.25 bits per heavy atom. The van der Waals surface area contributed by atoms with Gasteiger partial charge in [0.05, 0.1) is 5.69 Å². The number of nitrogens with one attached hydrogen (secondary N) is 1. The number of carboxylic acids is 1. The number of anilines is 1. The van der Waals surface area contributed by atoms with Gasteiger partial charge in [-0.05, 0) is 30.0 Å². The van der Waals surface area contributed by atoms with E-state index in [1.54, 1.807) is 12.1 Å². The van der Waals surface area contributed by atoms with Crippen LogP contribution in [0.1, 0.15) is 50.0 Å². The second-order valence-corrected chi connectivity index (χ2v) is 5.69. The van der Waals surface area contributed by atoms with Crippen molar-refractivity contribution in [1.29, 1.82) is 0 Å². The molecule has 108 valence electrons. The second-order valence-electron chi connectivity index (χ2n) is 5.69. The average Bonchev–Trinajstić information content (AvgIpc) is 2.25. The molecule has 0 aliphatic rings. The minimum absolute atomic E-state index is 0.137. The van der Waals surface area contributed by atoms with Gasteiger partial charge in [0.15, 0.2) is 5.78 Å². The SMILES string of the molecule is CC(=O)c1ccc(C(C)(C)C)cc1NC(=O)CC(=O)O. The Balaban J connectivity index is 3.16. The number of hydrogen-bond donors (Lipinski definition) is 2. The van der Waals surface area contributed by atoms with Crippen molar-refractivity contribution < 1.29 is 19.5 Å². The highest BCUT2D eigenvalue weighted by atomic mass is 16.4. The molecule has 0 fully saturated rings. The largest absolute Gasteiger partial charge is 0.481 e. The highest BCUT2D eigenvalue weighted by Gasteiger charge is 2.18. The van der Waals surface area contributed by atoms with Crippen LogP contribution in [0, 0.1) is 0 Å². The molecule has 1 amide bonds. The van der Waals surface area contributed by atoms with Crippen LogP contribution in [0.25, 0.3) is 0 Å². The van der Waals surface area contributed by atoms with Gasteiger partial charge in [0.25, 0.3) is 0 Å². The third-order valence-corrected chi connectivity index (χ3v) is 2.85. The number of rotatable bonds is 4. The molecule has 0 spiro atoms. The summed E-state index contributed by atoms with van der Waals surface area (Å²) in [5, 5.41) is 11.1. The summed E-state index contributed by atoms with van der Waals surface area (Å²) in [6.07, 6.45) is -0.628. The topological polar surface area (TPSA) is 83.5 Å². The lowest BCUT2D eigenvalue weighted by molar-refractivity contribution is -0.139. The summed E-state index contributed by atoms with van der Waals surface area (Å²) in [5.41, 5.74) is 1.54. The number of carbonyl (C=O) groups excluding carboxylic acids is 2. The molecule has 20 heavy (non-hydrogen) atoms. The highest BCUT2D eigenvalue weighted by molar-refractivity contribution is 6.07. The number of hydrogen-bond acceptors (Lipinski definition) is 3. The molecule has 5 heteroatoms. The quantitative estimate of drug-likeness (QED) is 0.654. The van der Waals surface area contributed by atoms with Crippen molar-refractivity contribution in [2.75, 3.05) is 5.32 Å². The fourth-order valence-electron chi connectivity index (χ4n) is 1.75. The van der Waals surface area contributed by atoms with Gasteiger partial charge in [-0.1, -0.05) is 26.8 Å². The number of benzene rings is 1. The van der Waals surface area contributed by atoms with Crippen LogP contribution in [0.5, 0.6) is 0 Å². The average molecular weight is 277 g/mol. The Bertz CT molecular complexity index is 555. The minimum Gasteiger partial charge on any atom is -0.481 e. The molecule has 1 rings (SSSR count). The maximum Gasteiger partial charge on any atom is 0.312 e. The third kappa shape index (κ3) is 4.19. The van der Waals surface area contributed by atoms with Gasteiger partial charge >= 0.3 is 5.97 Å². The molecule has 0 saturated heterocycles. The number of carboxylic acid groups (broad SMARTS) is 1. The van der Waals surface area contributed by atoms with Gasteiger partial charge in [0, 0.05) is 5.56 Å². The lowest BCUT2D eigenvalue weighted by Gasteiger charge is -2.21. The van der Waals surface area contributed by atoms with Gasteiger partial charge in [-0.25, -0.2) is 0 Å². The summed E-state index contributed by atoms with van der Waals surface area (Å²) in [7, 11) is 0. The van der Waals surface area contributed by atoms with E-state index in [1.165, 1.54) is 6.92 Å². The molecule has 0 saturated carbocycles. The predicted octanol–water partition coefficient (Wildman–Crippen LogP) is 2.60. The molecule has 0 atom stereocenters. The number of amides is 1. The number of aliphatic carboxylic acids is 1. The Kier molecular flexibility index (Phi) is 4.65. The Morgan fingerprint density at radius 2 is 1.80 bits per heavy atom. The standard InChI is InChI=1S/C15H19NO4/c1-9(17)11-6-5-10(15(2,3)4)7-12(11)16-13(18)8-14(19)20/h5-7H,8H2,1-4H3,(H,16,18)(H,19,20). The van der Waals surface area contributed by atoms with Crippen LogP contribution in [0.3, 0.4) is 0 Å². The molecule has 0 aromatic heterocycles. The van der Waals surface area contributed by atoms with Crippen molar-refractivity contribution in [3.05, 3.63) is 29.3 Å². The zero-order valence-corrected chi connectivity index (χ0v) is 12.1. The molecule has 2 N–H and O–H groups in total. The molecular formula is C15H19NO4. The van der Waals surface area contributed by atoms with E-state index < -0.39 is 18.3 Å². The molecule has 0 bridgehead atoms. The summed E-state index contributed by atoms with van der Waals surface area (Å²) in [5.74, 6) is -2.04. The van der Waals surface area contributed by atoms with Crippen LogP contribution >= 0.6 is 0 Å². The van der Waals surface area contributed by atoms with Gasteiger partial charge in [0.2, 0.25) is 5.91 Å². The van der Waals surface area contributed by atoms with Gasteiger partial charge in [-0.15, -0.1) is 0 Å². The highest BCUT2D eigenvalue weighted by Crippen LogP contribution is 2.27. The van der Waals surface area contributed by atoms with Crippen LogP contribution < -0.4 is 5.32 Å². The summed E-state index contributed by atoms with van der Waals surface area (Å²) in [6.45, 7) is 7.44. The Labute approximate surface area is 118 Å². The first-order valence-corrected chi connectivity index (χ1v) is 6.28. The van der Waals surface area contributed by atoms with Crippen LogP contribution in [0.2, 0.25) is 0 Å². The molecule has 0 aliphatic heterocycles. The number of ketones is 1. The summed E-state index contributed by atoms with van der Waals surface area (Å²) in [6, 6.07) is 5.21. The van der Waals surface area contributed by atoms with E-state index in [2.05, 4.69) is 5.32 Å². The monoisotopic (exact) mass is 277 g/mol. The van der Waals surface area contributed by atoms with Crippen molar-refractivity contribution in [2.45, 2.75) is 39.5 Å². The Hall–Kier alpha value is -2.17.